The third-order valence-corrected chi connectivity index (χ3v) is 5.94. The number of amides is 1. The second kappa shape index (κ2) is 7.60. The van der Waals surface area contributed by atoms with Crippen LogP contribution in [0.15, 0.2) is 48.5 Å². The van der Waals surface area contributed by atoms with E-state index in [-0.39, 0.29) is 24.9 Å². The Kier molecular flexibility index (Phi) is 5.41. The molecule has 2 aromatic rings. The second-order valence-electron chi connectivity index (χ2n) is 6.70. The van der Waals surface area contributed by atoms with E-state index in [9.17, 15) is 13.2 Å². The van der Waals surface area contributed by atoms with Gasteiger partial charge in [-0.25, -0.2) is 8.42 Å². The zero-order valence-corrected chi connectivity index (χ0v) is 16.6. The highest BCUT2D eigenvalue weighted by atomic mass is 32.2. The molecule has 144 valence electrons. The van der Waals surface area contributed by atoms with Gasteiger partial charge in [0.25, 0.3) is 0 Å². The smallest absolute Gasteiger partial charge is 0.232 e. The highest BCUT2D eigenvalue weighted by Crippen LogP contribution is 2.33. The van der Waals surface area contributed by atoms with Gasteiger partial charge in [0.2, 0.25) is 15.9 Å². The van der Waals surface area contributed by atoms with Crippen molar-refractivity contribution in [1.82, 2.24) is 0 Å². The summed E-state index contributed by atoms with van der Waals surface area (Å²) in [7, 11) is -2.07. The normalized spacial score (nSPS) is 16.1. The molecule has 0 saturated carbocycles. The van der Waals surface area contributed by atoms with Gasteiger partial charge in [0, 0.05) is 24.7 Å². The molecule has 3 rings (SSSR count). The maximum atomic E-state index is 12.9. The van der Waals surface area contributed by atoms with E-state index in [1.54, 1.807) is 29.2 Å². The van der Waals surface area contributed by atoms with Gasteiger partial charge in [-0.2, -0.15) is 0 Å². The molecule has 0 N–H and O–H groups in total. The van der Waals surface area contributed by atoms with Gasteiger partial charge in [0.05, 0.1) is 19.1 Å². The first kappa shape index (κ1) is 19.2. The molecule has 2 aromatic carbocycles. The van der Waals surface area contributed by atoms with Crippen LogP contribution in [0.2, 0.25) is 0 Å². The van der Waals surface area contributed by atoms with Gasteiger partial charge in [-0.05, 0) is 37.1 Å². The van der Waals surface area contributed by atoms with E-state index in [0.29, 0.717) is 11.4 Å². The third kappa shape index (κ3) is 3.93. The van der Waals surface area contributed by atoms with Gasteiger partial charge in [-0.3, -0.25) is 9.10 Å². The number of rotatable bonds is 6. The minimum atomic E-state index is -3.56. The number of benzene rings is 2. The molecule has 6 nitrogen and oxygen atoms in total. The van der Waals surface area contributed by atoms with Crippen molar-refractivity contribution in [2.45, 2.75) is 25.8 Å². The van der Waals surface area contributed by atoms with Crippen LogP contribution in [0, 0.1) is 0 Å². The van der Waals surface area contributed by atoms with Gasteiger partial charge >= 0.3 is 0 Å². The first-order chi connectivity index (χ1) is 12.8. The number of fused-ring (bicyclic) bond motifs is 1. The summed E-state index contributed by atoms with van der Waals surface area (Å²) in [5.41, 5.74) is 2.49. The van der Waals surface area contributed by atoms with E-state index in [0.717, 1.165) is 23.9 Å². The molecule has 1 unspecified atom stereocenters. The largest absolute Gasteiger partial charge is 0.495 e. The van der Waals surface area contributed by atoms with Crippen LogP contribution in [0.5, 0.6) is 5.75 Å². The fraction of sp³-hybridized carbons (Fsp3) is 0.350. The van der Waals surface area contributed by atoms with Crippen LogP contribution in [0.4, 0.5) is 11.4 Å². The maximum absolute atomic E-state index is 12.9. The molecule has 0 fully saturated rings. The van der Waals surface area contributed by atoms with Crippen molar-refractivity contribution in [3.05, 3.63) is 54.1 Å². The summed E-state index contributed by atoms with van der Waals surface area (Å²) in [4.78, 5) is 14.7. The topological polar surface area (TPSA) is 66.9 Å². The van der Waals surface area contributed by atoms with Gasteiger partial charge in [-0.1, -0.05) is 30.3 Å². The lowest BCUT2D eigenvalue weighted by Gasteiger charge is -2.27. The van der Waals surface area contributed by atoms with Crippen molar-refractivity contribution >= 4 is 27.3 Å². The Morgan fingerprint density at radius 2 is 1.85 bits per heavy atom. The summed E-state index contributed by atoms with van der Waals surface area (Å²) < 4.78 is 31.2. The lowest BCUT2D eigenvalue weighted by molar-refractivity contribution is -0.118. The molecule has 0 aromatic heterocycles. The first-order valence-corrected chi connectivity index (χ1v) is 10.7. The first-order valence-electron chi connectivity index (χ1n) is 8.83. The summed E-state index contributed by atoms with van der Waals surface area (Å²) in [6.45, 7) is 2.07. The predicted molar refractivity (Wildman–Crippen MR) is 107 cm³/mol. The van der Waals surface area contributed by atoms with Gasteiger partial charge in [0.1, 0.15) is 5.75 Å². The summed E-state index contributed by atoms with van der Waals surface area (Å²) in [5.74, 6) is 0.367. The van der Waals surface area contributed by atoms with E-state index < -0.39 is 10.0 Å². The number of methoxy groups -OCH3 is 1. The summed E-state index contributed by atoms with van der Waals surface area (Å²) in [6.07, 6.45) is 2.03. The molecule has 1 heterocycles. The molecule has 1 atom stereocenters. The monoisotopic (exact) mass is 388 g/mol. The molecule has 0 aliphatic carbocycles. The van der Waals surface area contributed by atoms with E-state index in [2.05, 4.69) is 0 Å². The molecule has 1 aliphatic heterocycles. The number of hydrogen-bond donors (Lipinski definition) is 0. The average molecular weight is 388 g/mol. The van der Waals surface area contributed by atoms with Crippen molar-refractivity contribution in [2.24, 2.45) is 0 Å². The fourth-order valence-electron chi connectivity index (χ4n) is 3.56. The minimum Gasteiger partial charge on any atom is -0.495 e. The number of nitrogens with zero attached hydrogens (tertiary/aromatic N) is 2. The van der Waals surface area contributed by atoms with E-state index >= 15 is 0 Å². The predicted octanol–water partition coefficient (Wildman–Crippen LogP) is 2.83. The van der Waals surface area contributed by atoms with Crippen molar-refractivity contribution in [3.63, 3.8) is 0 Å². The van der Waals surface area contributed by atoms with E-state index in [1.165, 1.54) is 11.4 Å². The van der Waals surface area contributed by atoms with Crippen LogP contribution in [0.1, 0.15) is 18.9 Å². The Morgan fingerprint density at radius 1 is 1.19 bits per heavy atom. The fourth-order valence-corrected chi connectivity index (χ4v) is 4.50. The molecule has 0 saturated heterocycles. The number of carbonyl (C=O) groups excluding carboxylic acids is 1. The van der Waals surface area contributed by atoms with Crippen LogP contribution in [-0.2, 0) is 21.2 Å². The Hall–Kier alpha value is -2.54. The number of hydrogen-bond acceptors (Lipinski definition) is 4. The van der Waals surface area contributed by atoms with Crippen LogP contribution in [0.3, 0.4) is 0 Å². The minimum absolute atomic E-state index is 0.0590. The maximum Gasteiger partial charge on any atom is 0.232 e. The number of ether oxygens (including phenoxy) is 1. The zero-order valence-electron chi connectivity index (χ0n) is 15.8. The van der Waals surface area contributed by atoms with Crippen molar-refractivity contribution in [1.29, 1.82) is 0 Å². The molecule has 0 bridgehead atoms. The molecule has 1 amide bonds. The third-order valence-electron chi connectivity index (χ3n) is 4.76. The van der Waals surface area contributed by atoms with Crippen molar-refractivity contribution in [3.8, 4) is 5.75 Å². The van der Waals surface area contributed by atoms with Crippen molar-refractivity contribution in [2.75, 3.05) is 29.1 Å². The van der Waals surface area contributed by atoms with Gasteiger partial charge in [-0.15, -0.1) is 0 Å². The quantitative estimate of drug-likeness (QED) is 0.763. The van der Waals surface area contributed by atoms with Gasteiger partial charge in [0.15, 0.2) is 0 Å². The summed E-state index contributed by atoms with van der Waals surface area (Å²) in [6, 6.07) is 14.8. The van der Waals surface area contributed by atoms with Crippen LogP contribution in [0.25, 0.3) is 0 Å². The standard InChI is InChI=1S/C20H24N2O4S/c1-15-14-16-8-4-5-9-17(16)22(15)20(23)12-13-21(27(3,24)25)18-10-6-7-11-19(18)26-2/h4-11,15H,12-14H2,1-3H3. The molecule has 7 heteroatoms. The highest BCUT2D eigenvalue weighted by Gasteiger charge is 2.31. The lowest BCUT2D eigenvalue weighted by atomic mass is 10.1. The molecule has 0 radical (unpaired) electrons. The Balaban J connectivity index is 1.82. The number of anilines is 2. The Labute approximate surface area is 160 Å². The van der Waals surface area contributed by atoms with Crippen LogP contribution < -0.4 is 13.9 Å². The lowest BCUT2D eigenvalue weighted by Crippen LogP contribution is -2.39. The number of carbonyl (C=O) groups is 1. The molecular weight excluding hydrogens is 364 g/mol. The second-order valence-corrected chi connectivity index (χ2v) is 8.61. The highest BCUT2D eigenvalue weighted by molar-refractivity contribution is 7.92. The SMILES string of the molecule is COc1ccccc1N(CCC(=O)N1c2ccccc2CC1C)S(C)(=O)=O. The van der Waals surface area contributed by atoms with Crippen molar-refractivity contribution < 1.29 is 17.9 Å². The molecule has 1 aliphatic rings. The molecular formula is C20H24N2O4S. The Bertz CT molecular complexity index is 943. The number of para-hydroxylation sites is 3. The van der Waals surface area contributed by atoms with Gasteiger partial charge < -0.3 is 9.64 Å². The number of sulfonamides is 1. The average Bonchev–Trinajstić information content (AvgIpc) is 2.96. The zero-order chi connectivity index (χ0) is 19.6. The molecule has 0 spiro atoms. The van der Waals surface area contributed by atoms with E-state index in [1.807, 2.05) is 31.2 Å². The molecule has 27 heavy (non-hydrogen) atoms. The summed E-state index contributed by atoms with van der Waals surface area (Å²) in [5, 5.41) is 0. The van der Waals surface area contributed by atoms with Crippen LogP contribution >= 0.6 is 0 Å². The Morgan fingerprint density at radius 3 is 2.56 bits per heavy atom. The summed E-state index contributed by atoms with van der Waals surface area (Å²) >= 11 is 0. The van der Waals surface area contributed by atoms with Crippen LogP contribution in [-0.4, -0.2) is 40.3 Å². The van der Waals surface area contributed by atoms with E-state index in [4.69, 9.17) is 4.74 Å².